The summed E-state index contributed by atoms with van der Waals surface area (Å²) in [6, 6.07) is 13.2. The summed E-state index contributed by atoms with van der Waals surface area (Å²) in [6.07, 6.45) is 2.12. The van der Waals surface area contributed by atoms with E-state index in [4.69, 9.17) is 0 Å². The molecule has 5 nitrogen and oxygen atoms in total. The summed E-state index contributed by atoms with van der Waals surface area (Å²) in [7, 11) is 0. The summed E-state index contributed by atoms with van der Waals surface area (Å²) < 4.78 is 0. The fourth-order valence-electron chi connectivity index (χ4n) is 3.14. The van der Waals surface area contributed by atoms with Gasteiger partial charge in [-0.25, -0.2) is 0 Å². The smallest absolute Gasteiger partial charge is 0.253 e. The lowest BCUT2D eigenvalue weighted by atomic mass is 10.1. The molecule has 2 N–H and O–H groups in total. The van der Waals surface area contributed by atoms with E-state index in [1.165, 1.54) is 0 Å². The average molecular weight is 351 g/mol. The lowest BCUT2D eigenvalue weighted by Crippen LogP contribution is -2.27. The van der Waals surface area contributed by atoms with Crippen LogP contribution in [0.3, 0.4) is 0 Å². The van der Waals surface area contributed by atoms with Crippen molar-refractivity contribution in [3.05, 3.63) is 59.2 Å². The van der Waals surface area contributed by atoms with E-state index in [0.717, 1.165) is 42.7 Å². The molecule has 0 aliphatic carbocycles. The van der Waals surface area contributed by atoms with E-state index < -0.39 is 0 Å². The first-order chi connectivity index (χ1) is 12.5. The standard InChI is InChI=1S/C21H25N3O2/c1-15-8-9-16(2)19(12-15)22-14-20(25)23-18-7-5-6-17(13-18)21(26)24-10-3-4-11-24/h5-9,12-13,22H,3-4,10-11,14H2,1-2H3,(H,23,25). The minimum atomic E-state index is -0.142. The Balaban J connectivity index is 1.59. The normalized spacial score (nSPS) is 13.5. The maximum Gasteiger partial charge on any atom is 0.253 e. The van der Waals surface area contributed by atoms with E-state index in [2.05, 4.69) is 10.6 Å². The molecule has 1 aliphatic rings. The topological polar surface area (TPSA) is 61.4 Å². The molecule has 26 heavy (non-hydrogen) atoms. The van der Waals surface area contributed by atoms with Crippen LogP contribution in [0.4, 0.5) is 11.4 Å². The molecule has 1 saturated heterocycles. The molecule has 136 valence electrons. The molecular formula is C21H25N3O2. The first kappa shape index (κ1) is 18.0. The fourth-order valence-corrected chi connectivity index (χ4v) is 3.14. The van der Waals surface area contributed by atoms with Crippen molar-refractivity contribution in [2.24, 2.45) is 0 Å². The van der Waals surface area contributed by atoms with Gasteiger partial charge < -0.3 is 15.5 Å². The lowest BCUT2D eigenvalue weighted by Gasteiger charge is -2.16. The molecule has 0 aromatic heterocycles. The van der Waals surface area contributed by atoms with Gasteiger partial charge in [0.25, 0.3) is 5.91 Å². The molecule has 0 atom stereocenters. The number of likely N-dealkylation sites (tertiary alicyclic amines) is 1. The van der Waals surface area contributed by atoms with Crippen molar-refractivity contribution in [3.63, 3.8) is 0 Å². The van der Waals surface area contributed by atoms with Gasteiger partial charge in [-0.05, 0) is 62.1 Å². The number of benzene rings is 2. The zero-order valence-corrected chi connectivity index (χ0v) is 15.3. The van der Waals surface area contributed by atoms with Gasteiger partial charge in [-0.1, -0.05) is 18.2 Å². The molecule has 2 aromatic carbocycles. The average Bonchev–Trinajstić information content (AvgIpc) is 3.17. The summed E-state index contributed by atoms with van der Waals surface area (Å²) in [5, 5.41) is 6.03. The number of rotatable bonds is 5. The van der Waals surface area contributed by atoms with Crippen LogP contribution in [-0.4, -0.2) is 36.3 Å². The van der Waals surface area contributed by atoms with Gasteiger partial charge in [-0.2, -0.15) is 0 Å². The van der Waals surface area contributed by atoms with Gasteiger partial charge in [0.05, 0.1) is 6.54 Å². The molecule has 0 radical (unpaired) electrons. The van der Waals surface area contributed by atoms with Crippen molar-refractivity contribution < 1.29 is 9.59 Å². The van der Waals surface area contributed by atoms with Crippen molar-refractivity contribution >= 4 is 23.2 Å². The number of hydrogen-bond acceptors (Lipinski definition) is 3. The summed E-state index contributed by atoms with van der Waals surface area (Å²) in [5.41, 5.74) is 4.46. The van der Waals surface area contributed by atoms with Gasteiger partial charge in [0, 0.05) is 30.0 Å². The monoisotopic (exact) mass is 351 g/mol. The fraction of sp³-hybridized carbons (Fsp3) is 0.333. The molecule has 5 heteroatoms. The predicted molar refractivity (Wildman–Crippen MR) is 105 cm³/mol. The Labute approximate surface area is 154 Å². The van der Waals surface area contributed by atoms with Crippen LogP contribution < -0.4 is 10.6 Å². The molecule has 0 spiro atoms. The van der Waals surface area contributed by atoms with Crippen LogP contribution in [0.2, 0.25) is 0 Å². The minimum Gasteiger partial charge on any atom is -0.376 e. The molecule has 3 rings (SSSR count). The Morgan fingerprint density at radius 1 is 1.04 bits per heavy atom. The van der Waals surface area contributed by atoms with Crippen molar-refractivity contribution in [2.45, 2.75) is 26.7 Å². The summed E-state index contributed by atoms with van der Waals surface area (Å²) in [6.45, 7) is 5.83. The molecule has 2 aromatic rings. The number of nitrogens with one attached hydrogen (secondary N) is 2. The Morgan fingerprint density at radius 3 is 2.58 bits per heavy atom. The Hall–Kier alpha value is -2.82. The van der Waals surface area contributed by atoms with Crippen molar-refractivity contribution in [2.75, 3.05) is 30.3 Å². The quantitative estimate of drug-likeness (QED) is 0.865. The van der Waals surface area contributed by atoms with E-state index >= 15 is 0 Å². The highest BCUT2D eigenvalue weighted by atomic mass is 16.2. The number of carbonyl (C=O) groups excluding carboxylic acids is 2. The van der Waals surface area contributed by atoms with Gasteiger partial charge in [0.15, 0.2) is 0 Å². The predicted octanol–water partition coefficient (Wildman–Crippen LogP) is 3.59. The number of hydrogen-bond donors (Lipinski definition) is 2. The van der Waals surface area contributed by atoms with E-state index in [1.54, 1.807) is 24.3 Å². The van der Waals surface area contributed by atoms with Crippen LogP contribution in [0.1, 0.15) is 34.3 Å². The molecule has 1 aliphatic heterocycles. The van der Waals surface area contributed by atoms with Gasteiger partial charge >= 0.3 is 0 Å². The van der Waals surface area contributed by atoms with E-state index in [9.17, 15) is 9.59 Å². The van der Waals surface area contributed by atoms with Crippen LogP contribution in [0.15, 0.2) is 42.5 Å². The second-order valence-corrected chi connectivity index (χ2v) is 6.80. The van der Waals surface area contributed by atoms with Crippen LogP contribution in [-0.2, 0) is 4.79 Å². The van der Waals surface area contributed by atoms with Crippen LogP contribution in [0.25, 0.3) is 0 Å². The second kappa shape index (κ2) is 8.04. The third-order valence-corrected chi connectivity index (χ3v) is 4.62. The number of carbonyl (C=O) groups is 2. The summed E-state index contributed by atoms with van der Waals surface area (Å²) >= 11 is 0. The second-order valence-electron chi connectivity index (χ2n) is 6.80. The van der Waals surface area contributed by atoms with Crippen molar-refractivity contribution in [3.8, 4) is 0 Å². The van der Waals surface area contributed by atoms with Crippen LogP contribution in [0, 0.1) is 13.8 Å². The molecule has 1 fully saturated rings. The molecule has 0 unspecified atom stereocenters. The molecule has 2 amide bonds. The molecular weight excluding hydrogens is 326 g/mol. The van der Waals surface area contributed by atoms with Crippen molar-refractivity contribution in [1.29, 1.82) is 0 Å². The molecule has 0 saturated carbocycles. The third-order valence-electron chi connectivity index (χ3n) is 4.62. The SMILES string of the molecule is Cc1ccc(C)c(NCC(=O)Nc2cccc(C(=O)N3CCCC3)c2)c1. The molecule has 0 bridgehead atoms. The maximum absolute atomic E-state index is 12.5. The summed E-state index contributed by atoms with van der Waals surface area (Å²) in [5.74, 6) is -0.108. The minimum absolute atomic E-state index is 0.0344. The number of amides is 2. The van der Waals surface area contributed by atoms with Gasteiger partial charge in [-0.15, -0.1) is 0 Å². The zero-order valence-electron chi connectivity index (χ0n) is 15.3. The Morgan fingerprint density at radius 2 is 1.81 bits per heavy atom. The highest BCUT2D eigenvalue weighted by Gasteiger charge is 2.19. The Bertz CT molecular complexity index is 811. The lowest BCUT2D eigenvalue weighted by molar-refractivity contribution is -0.114. The zero-order chi connectivity index (χ0) is 18.5. The first-order valence-electron chi connectivity index (χ1n) is 9.03. The van der Waals surface area contributed by atoms with Gasteiger partial charge in [0.2, 0.25) is 5.91 Å². The summed E-state index contributed by atoms with van der Waals surface area (Å²) in [4.78, 5) is 26.6. The van der Waals surface area contributed by atoms with E-state index in [0.29, 0.717) is 11.3 Å². The van der Waals surface area contributed by atoms with Crippen molar-refractivity contribution in [1.82, 2.24) is 4.90 Å². The van der Waals surface area contributed by atoms with Gasteiger partial charge in [-0.3, -0.25) is 9.59 Å². The highest BCUT2D eigenvalue weighted by molar-refractivity contribution is 5.98. The number of nitrogens with zero attached hydrogens (tertiary/aromatic N) is 1. The van der Waals surface area contributed by atoms with Crippen LogP contribution >= 0.6 is 0 Å². The van der Waals surface area contributed by atoms with E-state index in [-0.39, 0.29) is 18.4 Å². The number of anilines is 2. The largest absolute Gasteiger partial charge is 0.376 e. The maximum atomic E-state index is 12.5. The van der Waals surface area contributed by atoms with E-state index in [1.807, 2.05) is 36.9 Å². The Kier molecular flexibility index (Phi) is 5.56. The first-order valence-corrected chi connectivity index (χ1v) is 9.03. The third kappa shape index (κ3) is 4.42. The van der Waals surface area contributed by atoms with Crippen LogP contribution in [0.5, 0.6) is 0 Å². The highest BCUT2D eigenvalue weighted by Crippen LogP contribution is 2.18. The number of aryl methyl sites for hydroxylation is 2. The van der Waals surface area contributed by atoms with Gasteiger partial charge in [0.1, 0.15) is 0 Å². The molecule has 1 heterocycles.